The summed E-state index contributed by atoms with van der Waals surface area (Å²) in [6.07, 6.45) is -23.7. The topological polar surface area (TPSA) is 509 Å². The highest BCUT2D eigenvalue weighted by Crippen LogP contribution is 2.43. The number of ether oxygens (including phenoxy) is 13. The fraction of sp³-hybridized carbons (Fsp3) is 0.766. The van der Waals surface area contributed by atoms with Crippen molar-refractivity contribution >= 4 is 18.3 Å². The predicted octanol–water partition coefficient (Wildman–Crippen LogP) is -4.19. The molecule has 21 N–H and O–H groups in total. The maximum absolute atomic E-state index is 13.2. The number of hydrogen-bond acceptors (Lipinski definition) is 31. The van der Waals surface area contributed by atoms with Crippen LogP contribution in [-0.4, -0.2) is 293 Å². The molecule has 0 bridgehead atoms. The van der Waals surface area contributed by atoms with Crippen molar-refractivity contribution in [1.82, 2.24) is 26.2 Å². The van der Waals surface area contributed by atoms with Crippen LogP contribution in [0.15, 0.2) is 60.7 Å². The first-order valence-electron chi connectivity index (χ1n) is 33.3. The van der Waals surface area contributed by atoms with Crippen LogP contribution in [-0.2, 0) is 74.8 Å². The van der Waals surface area contributed by atoms with Crippen LogP contribution in [0.1, 0.15) is 70.9 Å². The van der Waals surface area contributed by atoms with E-state index in [9.17, 15) is 60.3 Å². The number of aliphatic hydroxyl groups excluding tert-OH is 9. The van der Waals surface area contributed by atoms with E-state index in [1.54, 1.807) is 14.0 Å². The molecule has 9 fully saturated rings. The summed E-state index contributed by atoms with van der Waals surface area (Å²) in [6, 6.07) is 13.0. The van der Waals surface area contributed by atoms with Gasteiger partial charge in [-0.05, 0) is 56.7 Å². The second kappa shape index (κ2) is 34.9. The Morgan fingerprint density at radius 2 is 1.15 bits per heavy atom. The number of fused-ring (bicyclic) bond motifs is 4. The van der Waals surface area contributed by atoms with Crippen LogP contribution >= 0.6 is 0 Å². The van der Waals surface area contributed by atoms with Crippen LogP contribution in [0.5, 0.6) is 0 Å². The molecule has 0 spiro atoms. The molecule has 2 aromatic carbocycles. The number of alkyl carbamates (subject to hydrolysis) is 2. The van der Waals surface area contributed by atoms with Crippen molar-refractivity contribution in [3.63, 3.8) is 0 Å². The average molecular weight is 1400 g/mol. The molecule has 7 heterocycles. The van der Waals surface area contributed by atoms with E-state index in [-0.39, 0.29) is 58.4 Å². The van der Waals surface area contributed by atoms with Gasteiger partial charge in [-0.15, -0.1) is 0 Å². The zero-order valence-electron chi connectivity index (χ0n) is 54.5. The zero-order chi connectivity index (χ0) is 69.5. The van der Waals surface area contributed by atoms with Crippen LogP contribution in [0.4, 0.5) is 14.4 Å². The second-order valence-corrected chi connectivity index (χ2v) is 26.6. The van der Waals surface area contributed by atoms with Gasteiger partial charge in [-0.2, -0.15) is 0 Å². The molecule has 0 radical (unpaired) electrons. The van der Waals surface area contributed by atoms with Crippen molar-refractivity contribution in [3.8, 4) is 0 Å². The number of carbonyl (C=O) groups is 3. The molecular weight excluding hydrogens is 1290 g/mol. The molecule has 7 saturated heterocycles. The van der Waals surface area contributed by atoms with E-state index in [2.05, 4.69) is 21.3 Å². The predicted molar refractivity (Wildman–Crippen MR) is 339 cm³/mol. The average Bonchev–Trinajstić information content (AvgIpc) is 1.50. The van der Waals surface area contributed by atoms with E-state index in [0.717, 1.165) is 11.1 Å². The molecule has 2 aliphatic carbocycles. The van der Waals surface area contributed by atoms with E-state index < -0.39 is 215 Å². The lowest BCUT2D eigenvalue weighted by atomic mass is 9.85. The summed E-state index contributed by atoms with van der Waals surface area (Å²) in [6.45, 7) is 3.31. The van der Waals surface area contributed by atoms with Crippen LogP contribution in [0.2, 0.25) is 0 Å². The van der Waals surface area contributed by atoms with E-state index in [1.807, 2.05) is 67.6 Å². The monoisotopic (exact) mass is 1400 g/mol. The highest BCUT2D eigenvalue weighted by Gasteiger charge is 2.61. The summed E-state index contributed by atoms with van der Waals surface area (Å²) in [5.41, 5.74) is 25.5. The fourth-order valence-corrected chi connectivity index (χ4v) is 14.3. The molecule has 0 aromatic heterocycles. The Hall–Kier alpha value is -4.75. The van der Waals surface area contributed by atoms with Gasteiger partial charge in [0.1, 0.15) is 74.2 Å². The SMILES string of the molecule is C.CC1C[C@@H]2OC(O[C@H]3OC(CO)[C@@H](C)[C@H](O)C3O)C3C(OC(=O)N3C)C2O[C@@H]1O[C@@H]1C(NC(=O)OCc2ccccc2)C[C@@H](NC(=O)OCc2ccccc2)C[C@H]1O.CNC1C(O[C@H]2OC(CO)[C@@H](NCCN)[C@H](O)C2O)O[C@H]2CC(N)[C@@H](O[C@@H]3C(N)C[C@@H](N)C[C@H]3O)OC2C1O. The maximum Gasteiger partial charge on any atom is 0.410 e. The third kappa shape index (κ3) is 18.0. The van der Waals surface area contributed by atoms with Crippen molar-refractivity contribution in [2.75, 3.05) is 40.4 Å². The van der Waals surface area contributed by atoms with Gasteiger partial charge in [0, 0.05) is 50.1 Å². The first-order chi connectivity index (χ1) is 46.5. The van der Waals surface area contributed by atoms with Gasteiger partial charge in [-0.25, -0.2) is 14.4 Å². The number of amides is 3. The number of carbonyl (C=O) groups excluding carboxylic acids is 3. The summed E-state index contributed by atoms with van der Waals surface area (Å²) < 4.78 is 77.8. The number of rotatable bonds is 20. The molecule has 32 atom stereocenters. The van der Waals surface area contributed by atoms with Gasteiger partial charge in [0.15, 0.2) is 43.8 Å². The number of hydrogen-bond donors (Lipinski definition) is 17. The fourth-order valence-electron chi connectivity index (χ4n) is 14.3. The van der Waals surface area contributed by atoms with Crippen LogP contribution in [0.25, 0.3) is 0 Å². The van der Waals surface area contributed by atoms with E-state index in [0.29, 0.717) is 25.8 Å². The molecule has 9 aliphatic rings. The van der Waals surface area contributed by atoms with Gasteiger partial charge in [-0.3, -0.25) is 4.90 Å². The van der Waals surface area contributed by atoms with Gasteiger partial charge >= 0.3 is 18.3 Å². The first kappa shape index (κ1) is 77.4. The second-order valence-electron chi connectivity index (χ2n) is 26.6. The van der Waals surface area contributed by atoms with E-state index in [4.69, 9.17) is 84.5 Å². The Morgan fingerprint density at radius 1 is 0.582 bits per heavy atom. The molecule has 554 valence electrons. The minimum absolute atomic E-state index is 0. The van der Waals surface area contributed by atoms with Crippen LogP contribution < -0.4 is 44.2 Å². The third-order valence-electron chi connectivity index (χ3n) is 19.7. The molecule has 34 heteroatoms. The van der Waals surface area contributed by atoms with Gasteiger partial charge < -0.3 is 152 Å². The quantitative estimate of drug-likeness (QED) is 0.0559. The minimum atomic E-state index is -1.49. The Kier molecular flexibility index (Phi) is 27.6. The number of benzene rings is 2. The number of aliphatic hydroxyl groups is 9. The first-order valence-corrected chi connectivity index (χ1v) is 33.3. The number of nitrogens with one attached hydrogen (secondary N) is 4. The molecule has 7 aliphatic heterocycles. The Labute approximate surface area is 568 Å². The van der Waals surface area contributed by atoms with Crippen LogP contribution in [0.3, 0.4) is 0 Å². The molecule has 98 heavy (non-hydrogen) atoms. The normalized spacial score (nSPS) is 43.0. The molecule has 3 amide bonds. The maximum atomic E-state index is 13.2. The molecule has 11 rings (SSSR count). The lowest BCUT2D eigenvalue weighted by Gasteiger charge is -2.51. The van der Waals surface area contributed by atoms with Crippen LogP contribution in [0, 0.1) is 11.8 Å². The Morgan fingerprint density at radius 3 is 1.78 bits per heavy atom. The molecular formula is C64H103N9O25. The smallest absolute Gasteiger partial charge is 0.410 e. The van der Waals surface area contributed by atoms with Gasteiger partial charge in [0.2, 0.25) is 0 Å². The summed E-state index contributed by atoms with van der Waals surface area (Å²) in [5.74, 6) is -0.943. The molecule has 34 nitrogen and oxygen atoms in total. The minimum Gasteiger partial charge on any atom is -0.445 e. The highest BCUT2D eigenvalue weighted by molar-refractivity contribution is 5.71. The number of likely N-dealkylation sites (N-methyl/N-ethyl adjacent to an activating group) is 2. The van der Waals surface area contributed by atoms with Crippen molar-refractivity contribution < 1.29 is 122 Å². The standard InChI is InChI=1S/C40H53N3O15.C23H46N6O10.CH4/c1-20-14-27-33(34-29(43(3)40(50)57-34)36(53-27)58-37-31(47)30(46)21(2)28(17-44)54-37)56-35(20)55-32-25(42-39(49)52-19-23-12-8-5-9-13-23)15-24(16-26(32)45)41-38(48)51-18-22-10-6-4-7-11-22;1-28-15-17(33)20-12(6-10(27)21(38-20)37-19-9(26)4-8(25)5-11(19)31)35-22(15)39-23-18(34)16(32)14(29-3-2-24)13(7-30)36-23;/h4-13,20-21,24-37,44-47H,14-19H2,1-3H3,(H,41,48)(H,42,49);8-23,28-34H,2-7,24-27H2,1H3;1H4/t20?,21-,24-,25?,26-,27+,28?,29?,30+,31?,32-,33?,34?,35+,36?,37-;8-,9?,10?,11-,12+,13?,14-,15?,16+,17?,18?,19-,20?,21+,22?,23-;/m11./s1. The summed E-state index contributed by atoms with van der Waals surface area (Å²) >= 11 is 0. The summed E-state index contributed by atoms with van der Waals surface area (Å²) in [5, 5.41) is 107. The Balaban J connectivity index is 0.000000245. The van der Waals surface area contributed by atoms with Gasteiger partial charge in [-0.1, -0.05) is 81.9 Å². The van der Waals surface area contributed by atoms with Gasteiger partial charge in [0.25, 0.3) is 0 Å². The van der Waals surface area contributed by atoms with Crippen molar-refractivity contribution in [2.24, 2.45) is 34.8 Å². The Bertz CT molecular complexity index is 2790. The summed E-state index contributed by atoms with van der Waals surface area (Å²) in [7, 11) is 3.10. The van der Waals surface area contributed by atoms with E-state index >= 15 is 0 Å². The number of nitrogens with zero attached hydrogens (tertiary/aromatic N) is 1. The van der Waals surface area contributed by atoms with Crippen molar-refractivity contribution in [2.45, 2.75) is 257 Å². The zero-order valence-corrected chi connectivity index (χ0v) is 54.5. The lowest BCUT2D eigenvalue weighted by molar-refractivity contribution is -0.377. The summed E-state index contributed by atoms with van der Waals surface area (Å²) in [4.78, 5) is 40.2. The molecule has 2 saturated carbocycles. The van der Waals surface area contributed by atoms with Gasteiger partial charge in [0.05, 0.1) is 74.0 Å². The molecule has 2 aromatic rings. The third-order valence-corrected chi connectivity index (χ3v) is 19.7. The lowest BCUT2D eigenvalue weighted by Crippen LogP contribution is -2.70. The largest absolute Gasteiger partial charge is 0.445 e. The van der Waals surface area contributed by atoms with E-state index in [1.165, 1.54) is 11.9 Å². The van der Waals surface area contributed by atoms with Crippen molar-refractivity contribution in [1.29, 1.82) is 0 Å². The highest BCUT2D eigenvalue weighted by atomic mass is 16.8. The molecule has 16 unspecified atom stereocenters. The number of nitrogens with two attached hydrogens (primary N) is 4. The van der Waals surface area contributed by atoms with Crippen molar-refractivity contribution in [3.05, 3.63) is 71.8 Å².